The lowest BCUT2D eigenvalue weighted by molar-refractivity contribution is -0.153. The minimum Gasteiger partial charge on any atom is -0.468 e. The summed E-state index contributed by atoms with van der Waals surface area (Å²) < 4.78 is 20.9. The van der Waals surface area contributed by atoms with E-state index >= 15 is 0 Å². The number of ether oxygens (including phenoxy) is 4. The molecule has 190 valence electrons. The highest BCUT2D eigenvalue weighted by atomic mass is 16.6. The Balaban J connectivity index is 3.13. The van der Waals surface area contributed by atoms with Crippen LogP contribution in [-0.4, -0.2) is 43.1 Å². The number of hydrogen-bond donors (Lipinski definition) is 1. The number of esters is 4. The third-order valence-electron chi connectivity index (χ3n) is 5.28. The van der Waals surface area contributed by atoms with Gasteiger partial charge in [0.15, 0.2) is 11.5 Å². The molecule has 0 fully saturated rings. The summed E-state index contributed by atoms with van der Waals surface area (Å²) in [5.41, 5.74) is 5.44. The van der Waals surface area contributed by atoms with E-state index in [0.29, 0.717) is 24.8 Å². The molecule has 0 aliphatic carbocycles. The average molecular weight is 480 g/mol. The molecular formula is C25H37NO8. The lowest BCUT2D eigenvalue weighted by Crippen LogP contribution is -2.51. The molecule has 0 aliphatic heterocycles. The van der Waals surface area contributed by atoms with Gasteiger partial charge in [0.2, 0.25) is 0 Å². The first-order valence-corrected chi connectivity index (χ1v) is 11.7. The molecule has 2 atom stereocenters. The summed E-state index contributed by atoms with van der Waals surface area (Å²) in [6.07, 6.45) is 2.29. The van der Waals surface area contributed by atoms with Crippen molar-refractivity contribution in [2.45, 2.75) is 78.2 Å². The van der Waals surface area contributed by atoms with E-state index < -0.39 is 23.4 Å². The van der Waals surface area contributed by atoms with Crippen LogP contribution in [0, 0.1) is 5.92 Å². The first kappa shape index (κ1) is 29.1. The average Bonchev–Trinajstić information content (AvgIpc) is 2.79. The summed E-state index contributed by atoms with van der Waals surface area (Å²) in [7, 11) is 1.23. The topological polar surface area (TPSA) is 131 Å². The van der Waals surface area contributed by atoms with E-state index in [4.69, 9.17) is 24.7 Å². The number of rotatable bonds is 14. The smallest absolute Gasteiger partial charge is 0.326 e. The molecule has 0 amide bonds. The standard InChI is InChI=1S/C25H37NO8/c1-6-9-21(27)33-19-12-11-18(15-20(19)34-22(28)10-7-2)16-25(26,24(30)31-5)13-14-32-23(29)17(4)8-3/h11-12,15,17H,6-10,13-14,16,26H2,1-5H3/t17-,25?/m0/s1. The zero-order chi connectivity index (χ0) is 25.7. The Hall–Kier alpha value is -2.94. The van der Waals surface area contributed by atoms with Gasteiger partial charge in [-0.05, 0) is 37.0 Å². The second kappa shape index (κ2) is 14.3. The molecule has 1 unspecified atom stereocenters. The van der Waals surface area contributed by atoms with Gasteiger partial charge < -0.3 is 24.7 Å². The van der Waals surface area contributed by atoms with E-state index in [1.165, 1.54) is 19.2 Å². The lowest BCUT2D eigenvalue weighted by atomic mass is 9.88. The lowest BCUT2D eigenvalue weighted by Gasteiger charge is -2.27. The van der Waals surface area contributed by atoms with Crippen LogP contribution in [0.2, 0.25) is 0 Å². The number of hydrogen-bond acceptors (Lipinski definition) is 9. The van der Waals surface area contributed by atoms with Crippen molar-refractivity contribution in [2.75, 3.05) is 13.7 Å². The molecule has 0 aliphatic rings. The highest BCUT2D eigenvalue weighted by molar-refractivity contribution is 5.81. The third-order valence-corrected chi connectivity index (χ3v) is 5.28. The van der Waals surface area contributed by atoms with E-state index in [1.807, 2.05) is 20.8 Å². The maximum atomic E-state index is 12.5. The molecule has 0 bridgehead atoms. The van der Waals surface area contributed by atoms with Crippen LogP contribution in [0.15, 0.2) is 18.2 Å². The van der Waals surface area contributed by atoms with E-state index in [1.54, 1.807) is 13.0 Å². The van der Waals surface area contributed by atoms with Crippen LogP contribution < -0.4 is 15.2 Å². The molecule has 1 rings (SSSR count). The number of carbonyl (C=O) groups excluding carboxylic acids is 4. The maximum Gasteiger partial charge on any atom is 0.326 e. The minimum atomic E-state index is -1.49. The maximum absolute atomic E-state index is 12.5. The van der Waals surface area contributed by atoms with Gasteiger partial charge in [0, 0.05) is 25.7 Å². The van der Waals surface area contributed by atoms with Crippen molar-refractivity contribution >= 4 is 23.9 Å². The number of nitrogens with two attached hydrogens (primary N) is 1. The van der Waals surface area contributed by atoms with Crippen molar-refractivity contribution in [3.63, 3.8) is 0 Å². The van der Waals surface area contributed by atoms with Crippen LogP contribution >= 0.6 is 0 Å². The van der Waals surface area contributed by atoms with Crippen LogP contribution in [0.25, 0.3) is 0 Å². The van der Waals surface area contributed by atoms with E-state index in [-0.39, 0.29) is 55.7 Å². The van der Waals surface area contributed by atoms with Crippen LogP contribution in [0.1, 0.15) is 71.8 Å². The summed E-state index contributed by atoms with van der Waals surface area (Å²) in [5, 5.41) is 0. The molecule has 34 heavy (non-hydrogen) atoms. The van der Waals surface area contributed by atoms with Gasteiger partial charge in [-0.3, -0.25) is 19.2 Å². The largest absolute Gasteiger partial charge is 0.468 e. The Bertz CT molecular complexity index is 853. The van der Waals surface area contributed by atoms with Gasteiger partial charge in [-0.2, -0.15) is 0 Å². The molecule has 2 N–H and O–H groups in total. The van der Waals surface area contributed by atoms with Crippen molar-refractivity contribution < 1.29 is 38.1 Å². The normalized spacial score (nSPS) is 13.4. The molecule has 0 spiro atoms. The van der Waals surface area contributed by atoms with Crippen molar-refractivity contribution in [3.8, 4) is 11.5 Å². The molecular weight excluding hydrogens is 442 g/mol. The number of carbonyl (C=O) groups is 4. The molecule has 0 aromatic heterocycles. The predicted molar refractivity (Wildman–Crippen MR) is 125 cm³/mol. The Labute approximate surface area is 201 Å². The molecule has 1 aromatic carbocycles. The van der Waals surface area contributed by atoms with Crippen LogP contribution in [0.5, 0.6) is 11.5 Å². The van der Waals surface area contributed by atoms with Gasteiger partial charge in [-0.15, -0.1) is 0 Å². The van der Waals surface area contributed by atoms with Gasteiger partial charge in [-0.1, -0.05) is 33.8 Å². The van der Waals surface area contributed by atoms with E-state index in [0.717, 1.165) is 0 Å². The number of benzene rings is 1. The van der Waals surface area contributed by atoms with Crippen molar-refractivity contribution in [2.24, 2.45) is 11.7 Å². The van der Waals surface area contributed by atoms with Gasteiger partial charge in [0.05, 0.1) is 19.6 Å². The Kier molecular flexibility index (Phi) is 12.3. The Morgan fingerprint density at radius 3 is 2.09 bits per heavy atom. The zero-order valence-electron chi connectivity index (χ0n) is 20.8. The molecule has 0 heterocycles. The highest BCUT2D eigenvalue weighted by Gasteiger charge is 2.36. The monoisotopic (exact) mass is 479 g/mol. The first-order chi connectivity index (χ1) is 16.1. The molecule has 9 nitrogen and oxygen atoms in total. The second-order valence-corrected chi connectivity index (χ2v) is 8.28. The van der Waals surface area contributed by atoms with Gasteiger partial charge in [-0.25, -0.2) is 0 Å². The van der Waals surface area contributed by atoms with Crippen molar-refractivity contribution in [1.29, 1.82) is 0 Å². The predicted octanol–water partition coefficient (Wildman–Crippen LogP) is 3.49. The molecule has 9 heteroatoms. The van der Waals surface area contributed by atoms with E-state index in [9.17, 15) is 19.2 Å². The molecule has 0 radical (unpaired) electrons. The quantitative estimate of drug-likeness (QED) is 0.314. The summed E-state index contributed by atoms with van der Waals surface area (Å²) >= 11 is 0. The fraction of sp³-hybridized carbons (Fsp3) is 0.600. The summed E-state index contributed by atoms with van der Waals surface area (Å²) in [4.78, 5) is 48.5. The Morgan fingerprint density at radius 2 is 1.56 bits per heavy atom. The fourth-order valence-electron chi connectivity index (χ4n) is 3.05. The van der Waals surface area contributed by atoms with Gasteiger partial charge in [0.25, 0.3) is 0 Å². The van der Waals surface area contributed by atoms with Crippen LogP contribution in [0.4, 0.5) is 0 Å². The third kappa shape index (κ3) is 9.13. The second-order valence-electron chi connectivity index (χ2n) is 8.28. The summed E-state index contributed by atoms with van der Waals surface area (Å²) in [6.45, 7) is 7.27. The van der Waals surface area contributed by atoms with E-state index in [2.05, 4.69) is 0 Å². The summed E-state index contributed by atoms with van der Waals surface area (Å²) in [5.74, 6) is -2.04. The first-order valence-electron chi connectivity index (χ1n) is 11.7. The number of methoxy groups -OCH3 is 1. The van der Waals surface area contributed by atoms with Crippen molar-refractivity contribution in [3.05, 3.63) is 23.8 Å². The van der Waals surface area contributed by atoms with Gasteiger partial charge >= 0.3 is 23.9 Å². The Morgan fingerprint density at radius 1 is 0.971 bits per heavy atom. The molecule has 0 saturated carbocycles. The highest BCUT2D eigenvalue weighted by Crippen LogP contribution is 2.31. The molecule has 1 aromatic rings. The fourth-order valence-corrected chi connectivity index (χ4v) is 3.05. The molecule has 0 saturated heterocycles. The minimum absolute atomic E-state index is 0.0159. The summed E-state index contributed by atoms with van der Waals surface area (Å²) in [6, 6.07) is 4.64. The SMILES string of the molecule is CCCC(=O)Oc1ccc(CC(N)(CCOC(=O)[C@@H](C)CC)C(=O)OC)cc1OC(=O)CCC. The van der Waals surface area contributed by atoms with Crippen molar-refractivity contribution in [1.82, 2.24) is 0 Å². The van der Waals surface area contributed by atoms with Crippen LogP contribution in [-0.2, 0) is 35.1 Å². The van der Waals surface area contributed by atoms with Gasteiger partial charge in [0.1, 0.15) is 5.54 Å². The zero-order valence-corrected chi connectivity index (χ0v) is 20.8. The van der Waals surface area contributed by atoms with Crippen LogP contribution in [0.3, 0.4) is 0 Å².